The van der Waals surface area contributed by atoms with Crippen molar-refractivity contribution in [2.45, 2.75) is 64.5 Å². The predicted octanol–water partition coefficient (Wildman–Crippen LogP) is 2.57. The van der Waals surface area contributed by atoms with Crippen molar-refractivity contribution in [1.29, 1.82) is 0 Å². The van der Waals surface area contributed by atoms with Crippen LogP contribution in [0.3, 0.4) is 0 Å². The molecule has 0 unspecified atom stereocenters. The number of rotatable bonds is 2. The maximum atomic E-state index is 7.65. The zero-order chi connectivity index (χ0) is 16.3. The molecule has 3 rings (SSSR count). The Labute approximate surface area is 120 Å². The van der Waals surface area contributed by atoms with Crippen LogP contribution in [-0.2, 0) is 9.31 Å². The highest BCUT2D eigenvalue weighted by Gasteiger charge is 2.52. The Kier molecular flexibility index (Phi) is 2.13. The summed E-state index contributed by atoms with van der Waals surface area (Å²) >= 11 is 0. The summed E-state index contributed by atoms with van der Waals surface area (Å²) in [5.41, 5.74) is 1.01. The van der Waals surface area contributed by atoms with E-state index < -0.39 is 25.2 Å². The van der Waals surface area contributed by atoms with Crippen LogP contribution < -0.4 is 5.46 Å². The van der Waals surface area contributed by atoms with Gasteiger partial charge in [-0.1, -0.05) is 6.07 Å². The van der Waals surface area contributed by atoms with Gasteiger partial charge in [-0.05, 0) is 58.9 Å². The van der Waals surface area contributed by atoms with E-state index in [0.29, 0.717) is 5.92 Å². The summed E-state index contributed by atoms with van der Waals surface area (Å²) in [4.78, 5) is 4.23. The molecule has 102 valence electrons. The van der Waals surface area contributed by atoms with E-state index in [1.807, 2.05) is 33.8 Å². The van der Waals surface area contributed by atoms with Crippen LogP contribution >= 0.6 is 0 Å². The lowest BCUT2D eigenvalue weighted by molar-refractivity contribution is 0.00578. The molecule has 19 heavy (non-hydrogen) atoms. The van der Waals surface area contributed by atoms with Crippen molar-refractivity contribution in [2.24, 2.45) is 0 Å². The average molecular weight is 262 g/mol. The van der Waals surface area contributed by atoms with Crippen LogP contribution in [0.2, 0.25) is 0 Å². The van der Waals surface area contributed by atoms with Gasteiger partial charge in [0.25, 0.3) is 0 Å². The van der Waals surface area contributed by atoms with Crippen LogP contribution in [0.5, 0.6) is 0 Å². The molecule has 0 spiro atoms. The molecule has 0 bridgehead atoms. The van der Waals surface area contributed by atoms with Gasteiger partial charge in [0.05, 0.1) is 11.2 Å². The van der Waals surface area contributed by atoms with Gasteiger partial charge in [0.1, 0.15) is 0 Å². The molecule has 1 saturated heterocycles. The molecule has 4 heteroatoms. The SMILES string of the molecule is [2H]C([2H])([2H])c1ncc(B2OC(C)(C)C(C)(C)O2)cc1C1CC1. The lowest BCUT2D eigenvalue weighted by Gasteiger charge is -2.32. The third-order valence-electron chi connectivity index (χ3n) is 4.48. The van der Waals surface area contributed by atoms with Crippen LogP contribution in [0.1, 0.15) is 61.8 Å². The van der Waals surface area contributed by atoms with Crippen LogP contribution in [0.25, 0.3) is 0 Å². The Hall–Kier alpha value is -0.865. The number of hydrogen-bond acceptors (Lipinski definition) is 3. The van der Waals surface area contributed by atoms with Crippen LogP contribution in [0.4, 0.5) is 0 Å². The van der Waals surface area contributed by atoms with E-state index in [1.165, 1.54) is 0 Å². The van der Waals surface area contributed by atoms with Gasteiger partial charge in [-0.3, -0.25) is 4.98 Å². The molecular formula is C15H22BNO2. The van der Waals surface area contributed by atoms with Crippen LogP contribution in [-0.4, -0.2) is 23.3 Å². The number of hydrogen-bond donors (Lipinski definition) is 0. The monoisotopic (exact) mass is 262 g/mol. The molecule has 2 aliphatic rings. The number of aryl methyl sites for hydroxylation is 1. The lowest BCUT2D eigenvalue weighted by Crippen LogP contribution is -2.41. The Morgan fingerprint density at radius 1 is 1.26 bits per heavy atom. The quantitative estimate of drug-likeness (QED) is 0.767. The molecule has 1 aliphatic carbocycles. The number of aromatic nitrogens is 1. The van der Waals surface area contributed by atoms with Crippen molar-refractivity contribution < 1.29 is 13.4 Å². The van der Waals surface area contributed by atoms with Crippen molar-refractivity contribution in [3.05, 3.63) is 23.5 Å². The van der Waals surface area contributed by atoms with Crippen molar-refractivity contribution >= 4 is 12.6 Å². The molecule has 1 saturated carbocycles. The highest BCUT2D eigenvalue weighted by Crippen LogP contribution is 2.41. The smallest absolute Gasteiger partial charge is 0.399 e. The minimum atomic E-state index is -2.17. The minimum absolute atomic E-state index is 0.218. The van der Waals surface area contributed by atoms with E-state index in [-0.39, 0.29) is 5.69 Å². The largest absolute Gasteiger partial charge is 0.496 e. The molecule has 0 aromatic carbocycles. The second-order valence-electron chi connectivity index (χ2n) is 6.57. The highest BCUT2D eigenvalue weighted by atomic mass is 16.7. The summed E-state index contributed by atoms with van der Waals surface area (Å²) in [5, 5.41) is 0. The molecule has 0 radical (unpaired) electrons. The van der Waals surface area contributed by atoms with Crippen molar-refractivity contribution in [3.63, 3.8) is 0 Å². The molecule has 2 fully saturated rings. The Bertz CT molecular complexity index is 581. The van der Waals surface area contributed by atoms with Crippen molar-refractivity contribution in [1.82, 2.24) is 4.98 Å². The van der Waals surface area contributed by atoms with Gasteiger partial charge < -0.3 is 9.31 Å². The van der Waals surface area contributed by atoms with E-state index in [1.54, 1.807) is 6.20 Å². The minimum Gasteiger partial charge on any atom is -0.399 e. The van der Waals surface area contributed by atoms with Gasteiger partial charge in [0.2, 0.25) is 0 Å². The summed E-state index contributed by atoms with van der Waals surface area (Å²) in [6, 6.07) is 1.91. The van der Waals surface area contributed by atoms with Gasteiger partial charge >= 0.3 is 7.12 Å². The van der Waals surface area contributed by atoms with Gasteiger partial charge in [-0.2, -0.15) is 0 Å². The Morgan fingerprint density at radius 2 is 1.89 bits per heavy atom. The molecule has 2 heterocycles. The fourth-order valence-corrected chi connectivity index (χ4v) is 2.31. The molecular weight excluding hydrogens is 237 g/mol. The van der Waals surface area contributed by atoms with E-state index >= 15 is 0 Å². The summed E-state index contributed by atoms with van der Waals surface area (Å²) in [6.45, 7) is 5.82. The van der Waals surface area contributed by atoms with E-state index in [9.17, 15) is 0 Å². The van der Waals surface area contributed by atoms with E-state index in [2.05, 4.69) is 4.98 Å². The first-order valence-corrected chi connectivity index (χ1v) is 6.87. The van der Waals surface area contributed by atoms with Crippen molar-refractivity contribution in [3.8, 4) is 0 Å². The molecule has 0 N–H and O–H groups in total. The Balaban J connectivity index is 1.95. The first-order chi connectivity index (χ1) is 10.0. The van der Waals surface area contributed by atoms with Gasteiger partial charge in [0.15, 0.2) is 0 Å². The fourth-order valence-electron chi connectivity index (χ4n) is 2.31. The number of nitrogens with zero attached hydrogens (tertiary/aromatic N) is 1. The standard InChI is InChI=1S/C15H22BNO2/c1-10-13(11-6-7-11)8-12(9-17-10)16-18-14(2,3)15(4,5)19-16/h8-9,11H,6-7H2,1-5H3/i1D3. The third kappa shape index (κ3) is 2.21. The van der Waals surface area contributed by atoms with Gasteiger partial charge in [-0.25, -0.2) is 0 Å². The second kappa shape index (κ2) is 4.06. The lowest BCUT2D eigenvalue weighted by atomic mass is 9.79. The zero-order valence-electron chi connectivity index (χ0n) is 15.0. The zero-order valence-corrected chi connectivity index (χ0v) is 12.0. The van der Waals surface area contributed by atoms with E-state index in [4.69, 9.17) is 13.4 Å². The first-order valence-electron chi connectivity index (χ1n) is 8.37. The normalized spacial score (nSPS) is 27.8. The van der Waals surface area contributed by atoms with Crippen LogP contribution in [0, 0.1) is 6.85 Å². The Morgan fingerprint density at radius 3 is 2.42 bits per heavy atom. The van der Waals surface area contributed by atoms with Crippen LogP contribution in [0.15, 0.2) is 12.3 Å². The summed E-state index contributed by atoms with van der Waals surface area (Å²) < 4.78 is 35.0. The predicted molar refractivity (Wildman–Crippen MR) is 76.7 cm³/mol. The summed E-state index contributed by atoms with van der Waals surface area (Å²) in [5.74, 6) is 0.310. The molecule has 1 aliphatic heterocycles. The molecule has 0 atom stereocenters. The third-order valence-corrected chi connectivity index (χ3v) is 4.48. The molecule has 1 aromatic rings. The summed E-state index contributed by atoms with van der Waals surface area (Å²) in [6.07, 6.45) is 3.63. The second-order valence-corrected chi connectivity index (χ2v) is 6.57. The average Bonchev–Trinajstić information content (AvgIpc) is 3.16. The fraction of sp³-hybridized carbons (Fsp3) is 0.667. The molecule has 0 amide bonds. The molecule has 1 aromatic heterocycles. The highest BCUT2D eigenvalue weighted by molar-refractivity contribution is 6.62. The van der Waals surface area contributed by atoms with Gasteiger partial charge in [-0.15, -0.1) is 0 Å². The van der Waals surface area contributed by atoms with Crippen molar-refractivity contribution in [2.75, 3.05) is 0 Å². The maximum absolute atomic E-state index is 7.65. The maximum Gasteiger partial charge on any atom is 0.496 e. The topological polar surface area (TPSA) is 31.4 Å². The first kappa shape index (κ1) is 9.95. The van der Waals surface area contributed by atoms with E-state index in [0.717, 1.165) is 23.9 Å². The molecule has 3 nitrogen and oxygen atoms in total. The summed E-state index contributed by atoms with van der Waals surface area (Å²) in [7, 11) is -0.499. The number of pyridine rings is 1. The van der Waals surface area contributed by atoms with Gasteiger partial charge in [0, 0.05) is 21.5 Å².